The van der Waals surface area contributed by atoms with Crippen molar-refractivity contribution in [2.45, 2.75) is 38.8 Å². The van der Waals surface area contributed by atoms with E-state index in [4.69, 9.17) is 4.74 Å². The highest BCUT2D eigenvalue weighted by molar-refractivity contribution is 5.68. The molecule has 0 heterocycles. The number of amides is 1. The van der Waals surface area contributed by atoms with Crippen molar-refractivity contribution in [1.82, 2.24) is 4.90 Å². The lowest BCUT2D eigenvalue weighted by molar-refractivity contribution is 0.0904. The summed E-state index contributed by atoms with van der Waals surface area (Å²) in [6.07, 6.45) is 4.84. The van der Waals surface area contributed by atoms with Crippen LogP contribution in [0.3, 0.4) is 0 Å². The molecule has 0 aliphatic heterocycles. The van der Waals surface area contributed by atoms with E-state index in [1.807, 2.05) is 13.8 Å². The van der Waals surface area contributed by atoms with Gasteiger partial charge in [0.15, 0.2) is 0 Å². The van der Waals surface area contributed by atoms with Crippen LogP contribution in [0, 0.1) is 0 Å². The van der Waals surface area contributed by atoms with Crippen molar-refractivity contribution >= 4 is 6.09 Å². The van der Waals surface area contributed by atoms with Gasteiger partial charge in [-0.2, -0.15) is 0 Å². The quantitative estimate of drug-likeness (QED) is 0.632. The van der Waals surface area contributed by atoms with Crippen LogP contribution in [0.25, 0.3) is 0 Å². The van der Waals surface area contributed by atoms with E-state index in [2.05, 4.69) is 13.2 Å². The maximum Gasteiger partial charge on any atom is 0.409 e. The summed E-state index contributed by atoms with van der Waals surface area (Å²) in [5.41, 5.74) is 0. The van der Waals surface area contributed by atoms with Gasteiger partial charge in [0.1, 0.15) is 0 Å². The Bertz CT molecular complexity index is 210. The molecular weight excluding hydrogens is 190 g/mol. The molecule has 0 saturated heterocycles. The van der Waals surface area contributed by atoms with Gasteiger partial charge in [-0.05, 0) is 26.7 Å². The Labute approximate surface area is 92.4 Å². The summed E-state index contributed by atoms with van der Waals surface area (Å²) in [4.78, 5) is 13.3. The van der Waals surface area contributed by atoms with Crippen LogP contribution in [0.15, 0.2) is 25.3 Å². The Hall–Kier alpha value is -1.25. The van der Waals surface area contributed by atoms with Gasteiger partial charge in [-0.3, -0.25) is 0 Å². The fraction of sp³-hybridized carbons (Fsp3) is 0.583. The highest BCUT2D eigenvalue weighted by Crippen LogP contribution is 2.14. The smallest absolute Gasteiger partial charge is 0.409 e. The summed E-state index contributed by atoms with van der Waals surface area (Å²) in [6.45, 7) is 11.3. The van der Waals surface area contributed by atoms with Crippen molar-refractivity contribution in [1.29, 1.82) is 0 Å². The van der Waals surface area contributed by atoms with Gasteiger partial charge in [0, 0.05) is 12.1 Å². The first-order valence-electron chi connectivity index (χ1n) is 5.16. The van der Waals surface area contributed by atoms with Gasteiger partial charge in [0.05, 0.1) is 7.11 Å². The van der Waals surface area contributed by atoms with Gasteiger partial charge in [0.25, 0.3) is 0 Å². The molecule has 0 radical (unpaired) electrons. The Morgan fingerprint density at radius 3 is 1.93 bits per heavy atom. The molecule has 0 aromatic heterocycles. The first kappa shape index (κ1) is 13.8. The van der Waals surface area contributed by atoms with E-state index in [0.717, 1.165) is 12.8 Å². The second kappa shape index (κ2) is 7.10. The summed E-state index contributed by atoms with van der Waals surface area (Å²) >= 11 is 0. The van der Waals surface area contributed by atoms with Crippen molar-refractivity contribution in [3.8, 4) is 0 Å². The molecule has 3 nitrogen and oxygen atoms in total. The molecule has 1 amide bonds. The maximum atomic E-state index is 11.6. The third-order valence-electron chi connectivity index (χ3n) is 2.35. The van der Waals surface area contributed by atoms with Crippen LogP contribution in [-0.2, 0) is 4.74 Å². The summed E-state index contributed by atoms with van der Waals surface area (Å²) in [5, 5.41) is 0. The van der Waals surface area contributed by atoms with Crippen molar-refractivity contribution in [2.75, 3.05) is 7.11 Å². The third-order valence-corrected chi connectivity index (χ3v) is 2.35. The van der Waals surface area contributed by atoms with E-state index in [1.54, 1.807) is 17.1 Å². The second-order valence-corrected chi connectivity index (χ2v) is 3.62. The lowest BCUT2D eigenvalue weighted by atomic mass is 10.1. The largest absolute Gasteiger partial charge is 0.453 e. The molecule has 0 saturated carbocycles. The minimum absolute atomic E-state index is 0.102. The van der Waals surface area contributed by atoms with Crippen LogP contribution in [0.2, 0.25) is 0 Å². The number of hydrogen-bond acceptors (Lipinski definition) is 2. The van der Waals surface area contributed by atoms with Crippen LogP contribution in [0.4, 0.5) is 4.79 Å². The summed E-state index contributed by atoms with van der Waals surface area (Å²) in [7, 11) is 1.40. The zero-order valence-corrected chi connectivity index (χ0v) is 9.90. The Morgan fingerprint density at radius 1 is 1.27 bits per heavy atom. The lowest BCUT2D eigenvalue weighted by Gasteiger charge is -2.32. The maximum absolute atomic E-state index is 11.6. The molecule has 0 aliphatic carbocycles. The number of carbonyl (C=O) groups excluding carboxylic acids is 1. The van der Waals surface area contributed by atoms with Crippen LogP contribution >= 0.6 is 0 Å². The Kier molecular flexibility index (Phi) is 6.50. The molecule has 3 heteroatoms. The topological polar surface area (TPSA) is 29.5 Å². The van der Waals surface area contributed by atoms with Crippen molar-refractivity contribution in [3.63, 3.8) is 0 Å². The minimum atomic E-state index is -0.293. The normalized spacial score (nSPS) is 13.8. The van der Waals surface area contributed by atoms with E-state index in [9.17, 15) is 4.79 Å². The molecule has 0 spiro atoms. The van der Waals surface area contributed by atoms with E-state index in [0.29, 0.717) is 0 Å². The van der Waals surface area contributed by atoms with Crippen molar-refractivity contribution in [2.24, 2.45) is 0 Å². The van der Waals surface area contributed by atoms with Crippen molar-refractivity contribution in [3.05, 3.63) is 25.3 Å². The zero-order valence-electron chi connectivity index (χ0n) is 9.90. The Balaban J connectivity index is 4.61. The van der Waals surface area contributed by atoms with Crippen LogP contribution in [0.5, 0.6) is 0 Å². The zero-order chi connectivity index (χ0) is 11.8. The predicted octanol–water partition coefficient (Wildman–Crippen LogP) is 2.98. The molecule has 0 N–H and O–H groups in total. The summed E-state index contributed by atoms with van der Waals surface area (Å²) < 4.78 is 4.77. The molecule has 0 aliphatic rings. The number of ether oxygens (including phenoxy) is 1. The van der Waals surface area contributed by atoms with E-state index >= 15 is 0 Å². The van der Waals surface area contributed by atoms with Crippen LogP contribution < -0.4 is 0 Å². The number of nitrogens with zero attached hydrogens (tertiary/aromatic N) is 1. The Morgan fingerprint density at radius 2 is 1.67 bits per heavy atom. The third kappa shape index (κ3) is 4.19. The molecule has 0 fully saturated rings. The van der Waals surface area contributed by atoms with E-state index in [-0.39, 0.29) is 18.2 Å². The van der Waals surface area contributed by atoms with E-state index < -0.39 is 0 Å². The molecule has 86 valence electrons. The second-order valence-electron chi connectivity index (χ2n) is 3.62. The number of hydrogen-bond donors (Lipinski definition) is 0. The fourth-order valence-corrected chi connectivity index (χ4v) is 1.61. The standard InChI is InChI=1S/C12H21NO2/c1-6-8-10(3)13(12(14)15-5)11(4)9-7-2/h6-7,10-11H,1-2,8-9H2,3-5H3. The molecule has 0 aromatic carbocycles. The van der Waals surface area contributed by atoms with Gasteiger partial charge in [-0.25, -0.2) is 4.79 Å². The fourth-order valence-electron chi connectivity index (χ4n) is 1.61. The molecule has 0 aromatic rings. The molecule has 2 atom stereocenters. The predicted molar refractivity (Wildman–Crippen MR) is 62.8 cm³/mol. The van der Waals surface area contributed by atoms with Gasteiger partial charge < -0.3 is 9.64 Å². The van der Waals surface area contributed by atoms with Crippen molar-refractivity contribution < 1.29 is 9.53 Å². The lowest BCUT2D eigenvalue weighted by Crippen LogP contribution is -2.44. The van der Waals surface area contributed by atoms with Gasteiger partial charge in [-0.15, -0.1) is 13.2 Å². The number of rotatable bonds is 6. The van der Waals surface area contributed by atoms with Crippen LogP contribution in [0.1, 0.15) is 26.7 Å². The average molecular weight is 211 g/mol. The minimum Gasteiger partial charge on any atom is -0.453 e. The van der Waals surface area contributed by atoms with Gasteiger partial charge >= 0.3 is 6.09 Å². The van der Waals surface area contributed by atoms with Gasteiger partial charge in [0.2, 0.25) is 0 Å². The molecule has 0 bridgehead atoms. The van der Waals surface area contributed by atoms with Gasteiger partial charge in [-0.1, -0.05) is 12.2 Å². The monoisotopic (exact) mass is 211 g/mol. The first-order valence-corrected chi connectivity index (χ1v) is 5.16. The molecule has 0 rings (SSSR count). The van der Waals surface area contributed by atoms with E-state index in [1.165, 1.54) is 7.11 Å². The molecule has 15 heavy (non-hydrogen) atoms. The average Bonchev–Trinajstić information content (AvgIpc) is 2.18. The highest BCUT2D eigenvalue weighted by atomic mass is 16.5. The number of carbonyl (C=O) groups is 1. The highest BCUT2D eigenvalue weighted by Gasteiger charge is 2.24. The summed E-state index contributed by atoms with van der Waals surface area (Å²) in [5.74, 6) is 0. The SMILES string of the molecule is C=CCC(C)N(C(=O)OC)C(C)CC=C. The molecule has 2 unspecified atom stereocenters. The first-order chi connectivity index (χ1) is 7.08. The summed E-state index contributed by atoms with van der Waals surface area (Å²) in [6, 6.07) is 0.204. The number of methoxy groups -OCH3 is 1. The molecular formula is C12H21NO2. The van der Waals surface area contributed by atoms with Crippen LogP contribution in [-0.4, -0.2) is 30.2 Å².